The third-order valence-electron chi connectivity index (χ3n) is 5.15. The van der Waals surface area contributed by atoms with Gasteiger partial charge in [-0.2, -0.15) is 9.40 Å². The molecule has 0 atom stereocenters. The Morgan fingerprint density at radius 2 is 1.84 bits per heavy atom. The molecule has 3 aromatic rings. The van der Waals surface area contributed by atoms with Crippen molar-refractivity contribution in [2.45, 2.75) is 52.5 Å². The van der Waals surface area contributed by atoms with Gasteiger partial charge in [0.1, 0.15) is 17.1 Å². The van der Waals surface area contributed by atoms with Crippen molar-refractivity contribution in [1.29, 1.82) is 0 Å². The van der Waals surface area contributed by atoms with Gasteiger partial charge in [0.05, 0.1) is 22.8 Å². The predicted octanol–water partition coefficient (Wildman–Crippen LogP) is 2.93. The van der Waals surface area contributed by atoms with Crippen molar-refractivity contribution in [2.75, 3.05) is 19.7 Å². The number of aromatic nitrogens is 4. The van der Waals surface area contributed by atoms with Crippen LogP contribution in [0.3, 0.4) is 0 Å². The first-order valence-electron chi connectivity index (χ1n) is 10.5. The molecule has 10 heteroatoms. The van der Waals surface area contributed by atoms with Gasteiger partial charge in [0.25, 0.3) is 5.56 Å². The third-order valence-corrected chi connectivity index (χ3v) is 7.19. The normalized spacial score (nSPS) is 12.1. The van der Waals surface area contributed by atoms with Crippen molar-refractivity contribution in [1.82, 2.24) is 24.1 Å². The number of nitrogens with one attached hydrogen (secondary N) is 1. The quantitative estimate of drug-likeness (QED) is 0.540. The fraction of sp³-hybridized carbons (Fsp3) is 0.476. The van der Waals surface area contributed by atoms with Crippen LogP contribution in [0, 0.1) is 6.92 Å². The SMILES string of the molecule is CCCOc1ccc(S(=O)(=O)N(CC)CC)cc1-c1nc2c(C)[nH]nc2c(=O)n1CC. The van der Waals surface area contributed by atoms with Crippen LogP contribution in [0.4, 0.5) is 0 Å². The molecule has 0 unspecified atom stereocenters. The van der Waals surface area contributed by atoms with Gasteiger partial charge in [-0.3, -0.25) is 14.5 Å². The number of aryl methyl sites for hydroxylation is 1. The number of sulfonamides is 1. The smallest absolute Gasteiger partial charge is 0.282 e. The maximum absolute atomic E-state index is 13.1. The van der Waals surface area contributed by atoms with Crippen LogP contribution in [-0.4, -0.2) is 52.2 Å². The Morgan fingerprint density at radius 1 is 1.13 bits per heavy atom. The van der Waals surface area contributed by atoms with Gasteiger partial charge in [-0.15, -0.1) is 0 Å². The van der Waals surface area contributed by atoms with E-state index in [4.69, 9.17) is 9.72 Å². The minimum Gasteiger partial charge on any atom is -0.493 e. The van der Waals surface area contributed by atoms with Gasteiger partial charge in [0, 0.05) is 19.6 Å². The molecule has 168 valence electrons. The standard InChI is InChI=1S/C21H29N5O4S/c1-6-12-30-17-11-10-15(31(28,29)25(7-2)8-3)13-16(17)20-22-18-14(5)23-24-19(18)21(27)26(20)9-4/h10-11,13H,6-9,12H2,1-5H3,(H,23,24). The Bertz CT molecular complexity index is 1240. The molecule has 9 nitrogen and oxygen atoms in total. The molecule has 0 fully saturated rings. The Balaban J connectivity index is 2.33. The highest BCUT2D eigenvalue weighted by atomic mass is 32.2. The van der Waals surface area contributed by atoms with Gasteiger partial charge in [-0.1, -0.05) is 20.8 Å². The van der Waals surface area contributed by atoms with E-state index < -0.39 is 10.0 Å². The molecule has 2 heterocycles. The highest BCUT2D eigenvalue weighted by Crippen LogP contribution is 2.33. The number of benzene rings is 1. The fourth-order valence-electron chi connectivity index (χ4n) is 3.49. The molecule has 0 spiro atoms. The molecule has 2 aromatic heterocycles. The summed E-state index contributed by atoms with van der Waals surface area (Å²) in [5.41, 5.74) is 1.56. The molecule has 31 heavy (non-hydrogen) atoms. The number of aromatic amines is 1. The Labute approximate surface area is 182 Å². The second kappa shape index (κ2) is 9.19. The summed E-state index contributed by atoms with van der Waals surface area (Å²) in [6.07, 6.45) is 0.785. The molecule has 0 aliphatic carbocycles. The van der Waals surface area contributed by atoms with Crippen LogP contribution in [0.25, 0.3) is 22.4 Å². The Morgan fingerprint density at radius 3 is 2.45 bits per heavy atom. The maximum atomic E-state index is 13.1. The van der Waals surface area contributed by atoms with E-state index in [2.05, 4.69) is 10.2 Å². The first kappa shape index (κ1) is 23.0. The molecule has 0 saturated carbocycles. The van der Waals surface area contributed by atoms with E-state index in [-0.39, 0.29) is 16.0 Å². The highest BCUT2D eigenvalue weighted by Gasteiger charge is 2.25. The molecule has 0 amide bonds. The van der Waals surface area contributed by atoms with E-state index in [1.807, 2.05) is 13.8 Å². The van der Waals surface area contributed by atoms with Crippen LogP contribution < -0.4 is 10.3 Å². The van der Waals surface area contributed by atoms with Gasteiger partial charge < -0.3 is 4.74 Å². The monoisotopic (exact) mass is 447 g/mol. The maximum Gasteiger partial charge on any atom is 0.282 e. The summed E-state index contributed by atoms with van der Waals surface area (Å²) in [5, 5.41) is 6.88. The van der Waals surface area contributed by atoms with Crippen molar-refractivity contribution >= 4 is 21.1 Å². The second-order valence-electron chi connectivity index (χ2n) is 7.13. The van der Waals surface area contributed by atoms with E-state index in [1.54, 1.807) is 32.9 Å². The molecule has 0 aliphatic rings. The molecular weight excluding hydrogens is 418 g/mol. The zero-order valence-electron chi connectivity index (χ0n) is 18.6. The topological polar surface area (TPSA) is 110 Å². The number of fused-ring (bicyclic) bond motifs is 1. The summed E-state index contributed by atoms with van der Waals surface area (Å²) < 4.78 is 35.0. The average molecular weight is 448 g/mol. The Hall–Kier alpha value is -2.72. The van der Waals surface area contributed by atoms with Crippen LogP contribution in [0.5, 0.6) is 5.75 Å². The van der Waals surface area contributed by atoms with Crippen LogP contribution in [0.2, 0.25) is 0 Å². The lowest BCUT2D eigenvalue weighted by molar-refractivity contribution is 0.318. The van der Waals surface area contributed by atoms with Gasteiger partial charge in [-0.05, 0) is 38.5 Å². The molecular formula is C21H29N5O4S. The number of nitrogens with zero attached hydrogens (tertiary/aromatic N) is 4. The summed E-state index contributed by atoms with van der Waals surface area (Å²) in [7, 11) is -3.69. The van der Waals surface area contributed by atoms with E-state index >= 15 is 0 Å². The highest BCUT2D eigenvalue weighted by molar-refractivity contribution is 7.89. The van der Waals surface area contributed by atoms with Crippen molar-refractivity contribution in [2.24, 2.45) is 0 Å². The first-order valence-corrected chi connectivity index (χ1v) is 12.0. The lowest BCUT2D eigenvalue weighted by Gasteiger charge is -2.20. The van der Waals surface area contributed by atoms with Crippen molar-refractivity contribution in [3.63, 3.8) is 0 Å². The minimum absolute atomic E-state index is 0.135. The number of hydrogen-bond acceptors (Lipinski definition) is 6. The molecule has 0 aliphatic heterocycles. The van der Waals surface area contributed by atoms with Gasteiger partial charge in [0.2, 0.25) is 10.0 Å². The van der Waals surface area contributed by atoms with Crippen LogP contribution >= 0.6 is 0 Å². The zero-order chi connectivity index (χ0) is 22.8. The zero-order valence-corrected chi connectivity index (χ0v) is 19.4. The summed E-state index contributed by atoms with van der Waals surface area (Å²) in [5.74, 6) is 0.835. The molecule has 3 rings (SSSR count). The van der Waals surface area contributed by atoms with Gasteiger partial charge in [0.15, 0.2) is 5.52 Å². The third kappa shape index (κ3) is 4.09. The summed E-state index contributed by atoms with van der Waals surface area (Å²) in [6, 6.07) is 4.73. The van der Waals surface area contributed by atoms with Crippen LogP contribution in [0.1, 0.15) is 39.8 Å². The summed E-state index contributed by atoms with van der Waals surface area (Å²) >= 11 is 0. The number of ether oxygens (including phenoxy) is 1. The number of rotatable bonds is 9. The largest absolute Gasteiger partial charge is 0.493 e. The lowest BCUT2D eigenvalue weighted by Crippen LogP contribution is -2.30. The van der Waals surface area contributed by atoms with Crippen molar-refractivity contribution in [3.05, 3.63) is 34.2 Å². The molecule has 0 radical (unpaired) electrons. The molecule has 1 aromatic carbocycles. The number of H-pyrrole nitrogens is 1. The molecule has 1 N–H and O–H groups in total. The Kier molecular flexibility index (Phi) is 6.80. The summed E-state index contributed by atoms with van der Waals surface area (Å²) in [4.78, 5) is 17.9. The lowest BCUT2D eigenvalue weighted by atomic mass is 10.1. The first-order chi connectivity index (χ1) is 14.8. The van der Waals surface area contributed by atoms with Gasteiger partial charge >= 0.3 is 0 Å². The minimum atomic E-state index is -3.69. The van der Waals surface area contributed by atoms with Gasteiger partial charge in [-0.25, -0.2) is 13.4 Å². The molecule has 0 saturated heterocycles. The fourth-order valence-corrected chi connectivity index (χ4v) is 4.98. The van der Waals surface area contributed by atoms with Crippen LogP contribution in [0.15, 0.2) is 27.9 Å². The van der Waals surface area contributed by atoms with E-state index in [0.29, 0.717) is 54.6 Å². The summed E-state index contributed by atoms with van der Waals surface area (Å²) in [6.45, 7) is 10.7. The molecule has 0 bridgehead atoms. The second-order valence-corrected chi connectivity index (χ2v) is 9.06. The predicted molar refractivity (Wildman–Crippen MR) is 120 cm³/mol. The van der Waals surface area contributed by atoms with Crippen LogP contribution in [-0.2, 0) is 16.6 Å². The van der Waals surface area contributed by atoms with Crippen molar-refractivity contribution in [3.8, 4) is 17.1 Å². The van der Waals surface area contributed by atoms with E-state index in [0.717, 1.165) is 6.42 Å². The van der Waals surface area contributed by atoms with E-state index in [9.17, 15) is 13.2 Å². The van der Waals surface area contributed by atoms with E-state index in [1.165, 1.54) is 14.9 Å². The average Bonchev–Trinajstić information content (AvgIpc) is 3.13. The number of hydrogen-bond donors (Lipinski definition) is 1. The van der Waals surface area contributed by atoms with Crippen molar-refractivity contribution < 1.29 is 13.2 Å².